The third-order valence-electron chi connectivity index (χ3n) is 2.21. The Morgan fingerprint density at radius 1 is 1.82 bits per heavy atom. The van der Waals surface area contributed by atoms with Crippen molar-refractivity contribution in [3.63, 3.8) is 0 Å². The molecule has 60 valence electrons. The average Bonchev–Trinajstić information content (AvgIpc) is 2.43. The summed E-state index contributed by atoms with van der Waals surface area (Å²) in [7, 11) is 0. The summed E-state index contributed by atoms with van der Waals surface area (Å²) in [5, 5.41) is 8.60. The fourth-order valence-corrected chi connectivity index (χ4v) is 2.43. The smallest absolute Gasteiger partial charge is 0.311 e. The molecular formula is C6H5BrO4. The maximum absolute atomic E-state index is 10.8. The predicted octanol–water partition coefficient (Wildman–Crippen LogP) is 0.00750. The largest absolute Gasteiger partial charge is 0.481 e. The molecule has 0 aromatic heterocycles. The van der Waals surface area contributed by atoms with Gasteiger partial charge in [-0.05, 0) is 0 Å². The second-order valence-electron chi connectivity index (χ2n) is 2.83. The molecule has 0 amide bonds. The van der Waals surface area contributed by atoms with E-state index in [0.717, 1.165) is 0 Å². The summed E-state index contributed by atoms with van der Waals surface area (Å²) in [6.45, 7) is 0.188. The van der Waals surface area contributed by atoms with E-state index in [1.165, 1.54) is 0 Å². The van der Waals surface area contributed by atoms with Crippen LogP contribution in [-0.2, 0) is 14.3 Å². The number of carbonyl (C=O) groups excluding carboxylic acids is 1. The van der Waals surface area contributed by atoms with Crippen LogP contribution in [0.1, 0.15) is 0 Å². The van der Waals surface area contributed by atoms with Crippen LogP contribution in [0, 0.1) is 11.8 Å². The zero-order chi connectivity index (χ0) is 8.22. The van der Waals surface area contributed by atoms with Gasteiger partial charge in [-0.1, -0.05) is 15.9 Å². The summed E-state index contributed by atoms with van der Waals surface area (Å²) in [4.78, 5) is 21.3. The van der Waals surface area contributed by atoms with Crippen LogP contribution in [0.15, 0.2) is 0 Å². The molecule has 1 aliphatic heterocycles. The molecule has 2 rings (SSSR count). The normalized spacial score (nSPS) is 46.5. The van der Waals surface area contributed by atoms with E-state index >= 15 is 0 Å². The van der Waals surface area contributed by atoms with Crippen molar-refractivity contribution in [2.75, 3.05) is 6.61 Å². The highest BCUT2D eigenvalue weighted by molar-refractivity contribution is 9.10. The molecule has 2 fully saturated rings. The Kier molecular flexibility index (Phi) is 1.14. The molecule has 3 atom stereocenters. The number of hydrogen-bond acceptors (Lipinski definition) is 3. The third kappa shape index (κ3) is 0.690. The number of esters is 1. The Labute approximate surface area is 70.7 Å². The van der Waals surface area contributed by atoms with Gasteiger partial charge < -0.3 is 9.84 Å². The molecule has 1 saturated heterocycles. The summed E-state index contributed by atoms with van der Waals surface area (Å²) < 4.78 is 4.06. The van der Waals surface area contributed by atoms with E-state index in [9.17, 15) is 9.59 Å². The van der Waals surface area contributed by atoms with Crippen molar-refractivity contribution in [1.29, 1.82) is 0 Å². The second-order valence-corrected chi connectivity index (χ2v) is 4.30. The zero-order valence-corrected chi connectivity index (χ0v) is 7.00. The molecule has 1 N–H and O–H groups in total. The van der Waals surface area contributed by atoms with Crippen molar-refractivity contribution in [2.24, 2.45) is 11.8 Å². The SMILES string of the molecule is O=C1OC[C@@]2(Br)[C@H]1[C@@H]2C(=O)O. The zero-order valence-electron chi connectivity index (χ0n) is 5.41. The number of hydrogen-bond donors (Lipinski definition) is 1. The molecule has 0 spiro atoms. The quantitative estimate of drug-likeness (QED) is 0.500. The van der Waals surface area contributed by atoms with Gasteiger partial charge >= 0.3 is 11.9 Å². The summed E-state index contributed by atoms with van der Waals surface area (Å²) in [6.07, 6.45) is 0. The number of halogens is 1. The van der Waals surface area contributed by atoms with Crippen molar-refractivity contribution in [3.05, 3.63) is 0 Å². The minimum atomic E-state index is -0.927. The molecule has 0 bridgehead atoms. The Hall–Kier alpha value is -0.580. The molecule has 5 heteroatoms. The Morgan fingerprint density at radius 3 is 2.73 bits per heavy atom. The standard InChI is InChI=1S/C6H5BrO4/c7-6-1-11-5(10)3(6)2(6)4(8)9/h2-3H,1H2,(H,8,9)/t2-,3+,6+/m1/s1. The third-order valence-corrected chi connectivity index (χ3v) is 3.43. The topological polar surface area (TPSA) is 63.6 Å². The lowest BCUT2D eigenvalue weighted by molar-refractivity contribution is -0.148. The molecule has 4 nitrogen and oxygen atoms in total. The van der Waals surface area contributed by atoms with E-state index in [2.05, 4.69) is 20.7 Å². The van der Waals surface area contributed by atoms with E-state index < -0.39 is 28.1 Å². The van der Waals surface area contributed by atoms with E-state index in [-0.39, 0.29) is 6.61 Å². The first-order chi connectivity index (χ1) is 5.07. The monoisotopic (exact) mass is 220 g/mol. The molecule has 11 heavy (non-hydrogen) atoms. The van der Waals surface area contributed by atoms with Crippen LogP contribution in [0.2, 0.25) is 0 Å². The van der Waals surface area contributed by atoms with Crippen LogP contribution in [-0.4, -0.2) is 28.0 Å². The Balaban J connectivity index is 2.24. The van der Waals surface area contributed by atoms with Crippen molar-refractivity contribution < 1.29 is 19.4 Å². The van der Waals surface area contributed by atoms with Gasteiger partial charge in [0.2, 0.25) is 0 Å². The number of fused-ring (bicyclic) bond motifs is 1. The van der Waals surface area contributed by atoms with Crippen LogP contribution in [0.25, 0.3) is 0 Å². The minimum Gasteiger partial charge on any atom is -0.481 e. The molecule has 0 aromatic carbocycles. The van der Waals surface area contributed by atoms with E-state index in [1.54, 1.807) is 0 Å². The number of cyclic esters (lactones) is 1. The Morgan fingerprint density at radius 2 is 2.45 bits per heavy atom. The fourth-order valence-electron chi connectivity index (χ4n) is 1.54. The Bertz CT molecular complexity index is 245. The molecular weight excluding hydrogens is 216 g/mol. The van der Waals surface area contributed by atoms with Gasteiger partial charge in [-0.15, -0.1) is 0 Å². The van der Waals surface area contributed by atoms with E-state index in [0.29, 0.717) is 0 Å². The van der Waals surface area contributed by atoms with Gasteiger partial charge in [0, 0.05) is 0 Å². The van der Waals surface area contributed by atoms with Crippen molar-refractivity contribution in [3.8, 4) is 0 Å². The number of carbonyl (C=O) groups is 2. The number of rotatable bonds is 1. The van der Waals surface area contributed by atoms with E-state index in [1.807, 2.05) is 0 Å². The molecule has 1 heterocycles. The molecule has 0 aromatic rings. The summed E-state index contributed by atoms with van der Waals surface area (Å²) >= 11 is 3.20. The first-order valence-electron chi connectivity index (χ1n) is 3.16. The van der Waals surface area contributed by atoms with Gasteiger partial charge in [0.05, 0.1) is 16.2 Å². The minimum absolute atomic E-state index is 0.188. The average molecular weight is 221 g/mol. The van der Waals surface area contributed by atoms with E-state index in [4.69, 9.17) is 5.11 Å². The first kappa shape index (κ1) is 7.09. The lowest BCUT2D eigenvalue weighted by Crippen LogP contribution is -2.16. The van der Waals surface area contributed by atoms with Crippen molar-refractivity contribution in [1.82, 2.24) is 0 Å². The number of ether oxygens (including phenoxy) is 1. The van der Waals surface area contributed by atoms with Crippen molar-refractivity contribution >= 4 is 27.9 Å². The highest BCUT2D eigenvalue weighted by atomic mass is 79.9. The predicted molar refractivity (Wildman–Crippen MR) is 37.2 cm³/mol. The molecule has 2 aliphatic rings. The van der Waals surface area contributed by atoms with Crippen molar-refractivity contribution in [2.45, 2.75) is 4.32 Å². The van der Waals surface area contributed by atoms with Gasteiger partial charge in [0.15, 0.2) is 0 Å². The second kappa shape index (κ2) is 1.77. The van der Waals surface area contributed by atoms with Gasteiger partial charge in [-0.25, -0.2) is 0 Å². The van der Waals surface area contributed by atoms with Crippen LogP contribution < -0.4 is 0 Å². The number of aliphatic carboxylic acids is 1. The summed E-state index contributed by atoms with van der Waals surface area (Å²) in [6, 6.07) is 0. The fraction of sp³-hybridized carbons (Fsp3) is 0.667. The van der Waals surface area contributed by atoms with Crippen LogP contribution in [0.4, 0.5) is 0 Å². The number of carboxylic acids is 1. The highest BCUT2D eigenvalue weighted by Crippen LogP contribution is 2.61. The molecule has 1 aliphatic carbocycles. The first-order valence-corrected chi connectivity index (χ1v) is 3.95. The number of carboxylic acid groups (broad SMARTS) is 1. The van der Waals surface area contributed by atoms with Gasteiger partial charge in [-0.2, -0.15) is 0 Å². The summed E-state index contributed by atoms with van der Waals surface area (Å²) in [5.74, 6) is -2.36. The van der Waals surface area contributed by atoms with Crippen LogP contribution >= 0.6 is 15.9 Å². The maximum atomic E-state index is 10.8. The lowest BCUT2D eigenvalue weighted by Gasteiger charge is -2.02. The number of alkyl halides is 1. The van der Waals surface area contributed by atoms with Gasteiger partial charge in [0.1, 0.15) is 6.61 Å². The molecule has 0 unspecified atom stereocenters. The van der Waals surface area contributed by atoms with Crippen LogP contribution in [0.5, 0.6) is 0 Å². The molecule has 0 radical (unpaired) electrons. The summed E-state index contributed by atoms with van der Waals surface area (Å²) in [5.41, 5.74) is 0. The van der Waals surface area contributed by atoms with Gasteiger partial charge in [-0.3, -0.25) is 9.59 Å². The highest BCUT2D eigenvalue weighted by Gasteiger charge is 2.75. The lowest BCUT2D eigenvalue weighted by atomic mass is 10.3. The maximum Gasteiger partial charge on any atom is 0.311 e. The van der Waals surface area contributed by atoms with Gasteiger partial charge in [0.25, 0.3) is 0 Å². The van der Waals surface area contributed by atoms with Crippen LogP contribution in [0.3, 0.4) is 0 Å². The molecule has 1 saturated carbocycles.